The molecule has 3 aliphatic carbocycles. The van der Waals surface area contributed by atoms with Crippen LogP contribution in [0, 0.1) is 29.1 Å². The maximum absolute atomic E-state index is 10.1. The molecule has 0 radical (unpaired) electrons. The normalized spacial score (nSPS) is 37.6. The summed E-state index contributed by atoms with van der Waals surface area (Å²) in [7, 11) is 0. The van der Waals surface area contributed by atoms with E-state index in [-0.39, 0.29) is 6.10 Å². The van der Waals surface area contributed by atoms with Crippen LogP contribution < -0.4 is 0 Å². The van der Waals surface area contributed by atoms with Crippen LogP contribution in [0.2, 0.25) is 0 Å². The van der Waals surface area contributed by atoms with Gasteiger partial charge in [0.15, 0.2) is 0 Å². The number of aliphatic hydroxyl groups is 1. The number of rotatable bonds is 6. The second kappa shape index (κ2) is 9.33. The van der Waals surface area contributed by atoms with Gasteiger partial charge in [0.1, 0.15) is 0 Å². The first-order valence-corrected chi connectivity index (χ1v) is 12.1. The van der Waals surface area contributed by atoms with E-state index in [2.05, 4.69) is 46.4 Å². The van der Waals surface area contributed by atoms with Crippen LogP contribution in [0.25, 0.3) is 0 Å². The molecule has 0 aliphatic heterocycles. The van der Waals surface area contributed by atoms with E-state index in [0.29, 0.717) is 5.41 Å². The first-order valence-electron chi connectivity index (χ1n) is 12.1. The van der Waals surface area contributed by atoms with Gasteiger partial charge in [-0.3, -0.25) is 0 Å². The molecule has 1 N–H and O–H groups in total. The van der Waals surface area contributed by atoms with E-state index >= 15 is 0 Å². The molecule has 3 saturated carbocycles. The molecule has 4 unspecified atom stereocenters. The summed E-state index contributed by atoms with van der Waals surface area (Å²) in [5.41, 5.74) is 4.65. The van der Waals surface area contributed by atoms with Crippen molar-refractivity contribution in [1.29, 1.82) is 0 Å². The lowest BCUT2D eigenvalue weighted by Gasteiger charge is -2.44. The minimum Gasteiger partial charge on any atom is -0.388 e. The fourth-order valence-corrected chi connectivity index (χ4v) is 6.62. The molecule has 28 heavy (non-hydrogen) atoms. The second-order valence-corrected chi connectivity index (χ2v) is 10.8. The summed E-state index contributed by atoms with van der Waals surface area (Å²) < 4.78 is 0. The Balaban J connectivity index is 1.66. The molecule has 0 aromatic rings. The molecule has 0 spiro atoms. The minimum absolute atomic E-state index is 0.322. The van der Waals surface area contributed by atoms with Crippen molar-refractivity contribution in [2.75, 3.05) is 0 Å². The summed E-state index contributed by atoms with van der Waals surface area (Å²) in [6.07, 6.45) is 18.4. The van der Waals surface area contributed by atoms with Gasteiger partial charge in [0.2, 0.25) is 0 Å². The van der Waals surface area contributed by atoms with Gasteiger partial charge in [-0.15, -0.1) is 0 Å². The van der Waals surface area contributed by atoms with E-state index in [1.807, 2.05) is 0 Å². The summed E-state index contributed by atoms with van der Waals surface area (Å²) in [5.74, 6) is 3.40. The van der Waals surface area contributed by atoms with Gasteiger partial charge in [-0.1, -0.05) is 76.8 Å². The van der Waals surface area contributed by atoms with E-state index in [4.69, 9.17) is 0 Å². The fraction of sp³-hybridized carbons (Fsp3) is 0.778. The van der Waals surface area contributed by atoms with Crippen LogP contribution >= 0.6 is 0 Å². The second-order valence-electron chi connectivity index (χ2n) is 10.8. The molecule has 1 nitrogen and oxygen atoms in total. The first-order chi connectivity index (χ1) is 13.3. The van der Waals surface area contributed by atoms with Crippen molar-refractivity contribution in [1.82, 2.24) is 0 Å². The van der Waals surface area contributed by atoms with Gasteiger partial charge in [0.25, 0.3) is 0 Å². The number of aliphatic hydroxyl groups excluding tert-OH is 1. The third kappa shape index (κ3) is 4.84. The van der Waals surface area contributed by atoms with Gasteiger partial charge in [-0.25, -0.2) is 0 Å². The quantitative estimate of drug-likeness (QED) is 0.467. The zero-order valence-corrected chi connectivity index (χ0v) is 19.0. The van der Waals surface area contributed by atoms with Crippen molar-refractivity contribution in [3.05, 3.63) is 35.5 Å². The van der Waals surface area contributed by atoms with Gasteiger partial charge in [-0.2, -0.15) is 0 Å². The molecule has 0 aromatic carbocycles. The summed E-state index contributed by atoms with van der Waals surface area (Å²) in [6, 6.07) is 0. The standard InChI is InChI=1S/C27H44O/c1-19(2)8-6-9-20(3)24-15-16-25-23(10-7-17-27(24,25)5)14-13-22-12-11-21(4)26(28)18-22/h13-14,19-20,24-26,28H,4,6-12,15-18H2,1-3,5H3/b22-13-,23-14+/t20-,24?,25?,26?,27?/m1/s1. The molecule has 3 aliphatic rings. The first kappa shape index (κ1) is 21.9. The van der Waals surface area contributed by atoms with Crippen LogP contribution in [0.5, 0.6) is 0 Å². The molecule has 1 heteroatoms. The largest absolute Gasteiger partial charge is 0.388 e. The van der Waals surface area contributed by atoms with Crippen LogP contribution in [-0.4, -0.2) is 11.2 Å². The van der Waals surface area contributed by atoms with E-state index < -0.39 is 0 Å². The molecule has 0 amide bonds. The SMILES string of the molecule is C=C1CC/C(=C/C=C2\CCCC3(C)C2CCC3[C@H](C)CCCC(C)C)CC1O. The molecule has 0 heterocycles. The molecular weight excluding hydrogens is 340 g/mol. The molecule has 0 aromatic heterocycles. The number of hydrogen-bond acceptors (Lipinski definition) is 1. The molecule has 158 valence electrons. The molecule has 0 saturated heterocycles. The Kier molecular flexibility index (Phi) is 7.29. The van der Waals surface area contributed by atoms with Crippen molar-refractivity contribution in [3.8, 4) is 0 Å². The number of fused-ring (bicyclic) bond motifs is 1. The predicted molar refractivity (Wildman–Crippen MR) is 121 cm³/mol. The molecular formula is C27H44O. The zero-order valence-electron chi connectivity index (χ0n) is 19.0. The zero-order chi connectivity index (χ0) is 20.3. The lowest BCUT2D eigenvalue weighted by molar-refractivity contribution is 0.0929. The van der Waals surface area contributed by atoms with E-state index in [1.165, 1.54) is 56.9 Å². The van der Waals surface area contributed by atoms with Crippen molar-refractivity contribution < 1.29 is 5.11 Å². The highest BCUT2D eigenvalue weighted by atomic mass is 16.3. The lowest BCUT2D eigenvalue weighted by atomic mass is 9.60. The van der Waals surface area contributed by atoms with Gasteiger partial charge in [-0.05, 0) is 86.0 Å². The van der Waals surface area contributed by atoms with Crippen molar-refractivity contribution in [2.45, 2.75) is 104 Å². The van der Waals surface area contributed by atoms with E-state index in [0.717, 1.165) is 48.5 Å². The van der Waals surface area contributed by atoms with Gasteiger partial charge < -0.3 is 5.11 Å². The van der Waals surface area contributed by atoms with Crippen LogP contribution in [0.15, 0.2) is 35.5 Å². The highest BCUT2D eigenvalue weighted by Crippen LogP contribution is 2.59. The van der Waals surface area contributed by atoms with Gasteiger partial charge in [0, 0.05) is 0 Å². The molecule has 0 bridgehead atoms. The Morgan fingerprint density at radius 2 is 1.89 bits per heavy atom. The van der Waals surface area contributed by atoms with Crippen molar-refractivity contribution in [3.63, 3.8) is 0 Å². The van der Waals surface area contributed by atoms with Crippen LogP contribution in [0.1, 0.15) is 98.3 Å². The highest BCUT2D eigenvalue weighted by Gasteiger charge is 2.50. The topological polar surface area (TPSA) is 20.2 Å². The average molecular weight is 385 g/mol. The van der Waals surface area contributed by atoms with E-state index in [1.54, 1.807) is 5.57 Å². The highest BCUT2D eigenvalue weighted by molar-refractivity contribution is 5.28. The van der Waals surface area contributed by atoms with Gasteiger partial charge in [0.05, 0.1) is 6.10 Å². The minimum atomic E-state index is -0.322. The summed E-state index contributed by atoms with van der Waals surface area (Å²) in [6.45, 7) is 13.9. The van der Waals surface area contributed by atoms with Crippen LogP contribution in [-0.2, 0) is 0 Å². The average Bonchev–Trinajstić information content (AvgIpc) is 3.00. The Morgan fingerprint density at radius 1 is 1.11 bits per heavy atom. The smallest absolute Gasteiger partial charge is 0.0784 e. The van der Waals surface area contributed by atoms with Crippen molar-refractivity contribution >= 4 is 0 Å². The summed E-state index contributed by atoms with van der Waals surface area (Å²) in [5, 5.41) is 10.1. The molecule has 5 atom stereocenters. The van der Waals surface area contributed by atoms with Crippen LogP contribution in [0.4, 0.5) is 0 Å². The summed E-state index contributed by atoms with van der Waals surface area (Å²) in [4.78, 5) is 0. The maximum atomic E-state index is 10.1. The van der Waals surface area contributed by atoms with E-state index in [9.17, 15) is 5.11 Å². The Morgan fingerprint density at radius 3 is 2.61 bits per heavy atom. The maximum Gasteiger partial charge on any atom is 0.0784 e. The third-order valence-corrected chi connectivity index (χ3v) is 8.39. The lowest BCUT2D eigenvalue weighted by Crippen LogP contribution is -2.36. The third-order valence-electron chi connectivity index (χ3n) is 8.39. The molecule has 3 fully saturated rings. The van der Waals surface area contributed by atoms with Crippen molar-refractivity contribution in [2.24, 2.45) is 29.1 Å². The monoisotopic (exact) mass is 384 g/mol. The predicted octanol–water partition coefficient (Wildman–Crippen LogP) is 7.62. The number of hydrogen-bond donors (Lipinski definition) is 1. The number of allylic oxidation sites excluding steroid dienone is 3. The van der Waals surface area contributed by atoms with Gasteiger partial charge >= 0.3 is 0 Å². The Bertz CT molecular complexity index is 610. The van der Waals surface area contributed by atoms with Crippen LogP contribution in [0.3, 0.4) is 0 Å². The fourth-order valence-electron chi connectivity index (χ4n) is 6.62. The Labute approximate surface area is 174 Å². The summed E-state index contributed by atoms with van der Waals surface area (Å²) >= 11 is 0. The Hall–Kier alpha value is -0.820. The molecule has 3 rings (SSSR count).